The van der Waals surface area contributed by atoms with E-state index in [1.807, 2.05) is 48.5 Å². The van der Waals surface area contributed by atoms with Crippen molar-refractivity contribution in [3.8, 4) is 11.1 Å². The zero-order valence-electron chi connectivity index (χ0n) is 16.4. The van der Waals surface area contributed by atoms with Gasteiger partial charge < -0.3 is 10.0 Å². The van der Waals surface area contributed by atoms with E-state index < -0.39 is 12.0 Å². The summed E-state index contributed by atoms with van der Waals surface area (Å²) in [6.45, 7) is 0. The molecule has 0 aliphatic rings. The predicted octanol–water partition coefficient (Wildman–Crippen LogP) is 3.08. The quantitative estimate of drug-likeness (QED) is 0.352. The average molecular weight is 384 g/mol. The highest BCUT2D eigenvalue weighted by Crippen LogP contribution is 2.25. The van der Waals surface area contributed by atoms with Crippen LogP contribution in [0.4, 0.5) is 0 Å². The Hall–Kier alpha value is -2.70. The van der Waals surface area contributed by atoms with Crippen LogP contribution in [0.15, 0.2) is 48.5 Å². The summed E-state index contributed by atoms with van der Waals surface area (Å²) in [5.74, 6) is -0.334. The Morgan fingerprint density at radius 3 is 2.07 bits per heavy atom. The SMILES string of the molecule is CN(C)C(=O)Cc1ccc(-c2ccc(C(O)CCCCC(=O)NO)cc2)cc1. The Balaban J connectivity index is 1.91. The van der Waals surface area contributed by atoms with Gasteiger partial charge in [-0.3, -0.25) is 14.8 Å². The number of aliphatic hydroxyl groups is 1. The van der Waals surface area contributed by atoms with Gasteiger partial charge in [0.05, 0.1) is 12.5 Å². The van der Waals surface area contributed by atoms with Gasteiger partial charge in [0.2, 0.25) is 11.8 Å². The summed E-state index contributed by atoms with van der Waals surface area (Å²) in [4.78, 5) is 24.3. The van der Waals surface area contributed by atoms with E-state index in [1.54, 1.807) is 24.5 Å². The highest BCUT2D eigenvalue weighted by molar-refractivity contribution is 5.78. The largest absolute Gasteiger partial charge is 0.388 e. The first-order valence-corrected chi connectivity index (χ1v) is 9.41. The van der Waals surface area contributed by atoms with Crippen LogP contribution in [0.2, 0.25) is 0 Å². The van der Waals surface area contributed by atoms with Crippen LogP contribution in [0.25, 0.3) is 11.1 Å². The van der Waals surface area contributed by atoms with Gasteiger partial charge in [0, 0.05) is 20.5 Å². The zero-order chi connectivity index (χ0) is 20.5. The van der Waals surface area contributed by atoms with Gasteiger partial charge in [-0.2, -0.15) is 0 Å². The van der Waals surface area contributed by atoms with Crippen LogP contribution in [-0.2, 0) is 16.0 Å². The van der Waals surface area contributed by atoms with E-state index in [-0.39, 0.29) is 12.3 Å². The fourth-order valence-electron chi connectivity index (χ4n) is 2.89. The number of nitrogens with one attached hydrogen (secondary N) is 1. The minimum atomic E-state index is -0.578. The first kappa shape index (κ1) is 21.6. The van der Waals surface area contributed by atoms with Gasteiger partial charge >= 0.3 is 0 Å². The van der Waals surface area contributed by atoms with Crippen LogP contribution < -0.4 is 5.48 Å². The van der Waals surface area contributed by atoms with Crippen LogP contribution in [0, 0.1) is 0 Å². The van der Waals surface area contributed by atoms with Crippen molar-refractivity contribution < 1.29 is 19.9 Å². The summed E-state index contributed by atoms with van der Waals surface area (Å²) in [7, 11) is 3.50. The van der Waals surface area contributed by atoms with Gasteiger partial charge in [0.1, 0.15) is 0 Å². The molecule has 3 N–H and O–H groups in total. The first-order valence-electron chi connectivity index (χ1n) is 9.41. The molecule has 6 heteroatoms. The lowest BCUT2D eigenvalue weighted by molar-refractivity contribution is -0.129. The lowest BCUT2D eigenvalue weighted by Crippen LogP contribution is -2.23. The van der Waals surface area contributed by atoms with E-state index in [0.717, 1.165) is 22.3 Å². The molecule has 2 rings (SSSR count). The zero-order valence-corrected chi connectivity index (χ0v) is 16.4. The molecule has 0 saturated heterocycles. The molecule has 0 spiro atoms. The highest BCUT2D eigenvalue weighted by Gasteiger charge is 2.09. The number of rotatable bonds is 9. The van der Waals surface area contributed by atoms with E-state index >= 15 is 0 Å². The average Bonchev–Trinajstić information content (AvgIpc) is 2.71. The third-order valence-corrected chi connectivity index (χ3v) is 4.69. The molecule has 2 aromatic carbocycles. The molecule has 2 amide bonds. The Bertz CT molecular complexity index is 770. The third kappa shape index (κ3) is 6.48. The van der Waals surface area contributed by atoms with E-state index in [0.29, 0.717) is 25.7 Å². The minimum Gasteiger partial charge on any atom is -0.388 e. The number of carbonyl (C=O) groups excluding carboxylic acids is 2. The molecule has 1 atom stereocenters. The molecule has 1 unspecified atom stereocenters. The van der Waals surface area contributed by atoms with Crippen molar-refractivity contribution in [1.29, 1.82) is 0 Å². The van der Waals surface area contributed by atoms with Crippen molar-refractivity contribution in [2.75, 3.05) is 14.1 Å². The van der Waals surface area contributed by atoms with E-state index in [4.69, 9.17) is 5.21 Å². The van der Waals surface area contributed by atoms with Crippen molar-refractivity contribution in [3.05, 3.63) is 59.7 Å². The molecule has 0 aliphatic heterocycles. The number of aliphatic hydroxyl groups excluding tert-OH is 1. The minimum absolute atomic E-state index is 0.0723. The second-order valence-electron chi connectivity index (χ2n) is 7.08. The molecule has 0 radical (unpaired) electrons. The number of amides is 2. The molecular weight excluding hydrogens is 356 g/mol. The van der Waals surface area contributed by atoms with Gasteiger partial charge in [-0.1, -0.05) is 55.0 Å². The van der Waals surface area contributed by atoms with Crippen LogP contribution in [0.1, 0.15) is 42.9 Å². The first-order chi connectivity index (χ1) is 13.4. The number of nitrogens with zero attached hydrogens (tertiary/aromatic N) is 1. The lowest BCUT2D eigenvalue weighted by atomic mass is 9.98. The number of benzene rings is 2. The Morgan fingerprint density at radius 1 is 0.964 bits per heavy atom. The van der Waals surface area contributed by atoms with Crippen molar-refractivity contribution in [2.45, 2.75) is 38.2 Å². The third-order valence-electron chi connectivity index (χ3n) is 4.69. The van der Waals surface area contributed by atoms with Crippen molar-refractivity contribution in [2.24, 2.45) is 0 Å². The normalized spacial score (nSPS) is 11.7. The van der Waals surface area contributed by atoms with Gasteiger partial charge in [-0.05, 0) is 35.1 Å². The Morgan fingerprint density at radius 2 is 1.54 bits per heavy atom. The Labute approximate surface area is 165 Å². The highest BCUT2D eigenvalue weighted by atomic mass is 16.5. The lowest BCUT2D eigenvalue weighted by Gasteiger charge is -2.12. The van der Waals surface area contributed by atoms with E-state index in [9.17, 15) is 14.7 Å². The van der Waals surface area contributed by atoms with Gasteiger partial charge in [-0.25, -0.2) is 5.48 Å². The number of likely N-dealkylation sites (N-methyl/N-ethyl adjacent to an activating group) is 1. The molecule has 0 aromatic heterocycles. The molecule has 0 fully saturated rings. The molecule has 0 heterocycles. The number of hydroxylamine groups is 1. The molecule has 28 heavy (non-hydrogen) atoms. The topological polar surface area (TPSA) is 89.9 Å². The second-order valence-corrected chi connectivity index (χ2v) is 7.08. The Kier molecular flexibility index (Phi) is 8.17. The molecule has 150 valence electrons. The summed E-state index contributed by atoms with van der Waals surface area (Å²) in [5.41, 5.74) is 5.51. The van der Waals surface area contributed by atoms with Crippen molar-refractivity contribution in [3.63, 3.8) is 0 Å². The molecule has 0 saturated carbocycles. The van der Waals surface area contributed by atoms with Crippen molar-refractivity contribution >= 4 is 11.8 Å². The number of unbranched alkanes of at least 4 members (excludes halogenated alkanes) is 1. The molecular formula is C22H28N2O4. The number of hydrogen-bond acceptors (Lipinski definition) is 4. The summed E-state index contributed by atoms with van der Waals surface area (Å²) in [5, 5.41) is 18.7. The summed E-state index contributed by atoms with van der Waals surface area (Å²) in [6, 6.07) is 15.7. The standard InChI is InChI=1S/C22H28N2O4/c1-24(2)22(27)15-16-7-9-17(10-8-16)18-11-13-19(14-12-18)20(25)5-3-4-6-21(26)23-28/h7-14,20,25,28H,3-6,15H2,1-2H3,(H,23,26). The summed E-state index contributed by atoms with van der Waals surface area (Å²) >= 11 is 0. The van der Waals surface area contributed by atoms with Gasteiger partial charge in [0.15, 0.2) is 0 Å². The second kappa shape index (κ2) is 10.6. The maximum Gasteiger partial charge on any atom is 0.243 e. The monoisotopic (exact) mass is 384 g/mol. The van der Waals surface area contributed by atoms with Crippen molar-refractivity contribution in [1.82, 2.24) is 10.4 Å². The maximum absolute atomic E-state index is 11.8. The number of carbonyl (C=O) groups is 2. The van der Waals surface area contributed by atoms with E-state index in [1.165, 1.54) is 0 Å². The smallest absolute Gasteiger partial charge is 0.243 e. The number of hydrogen-bond donors (Lipinski definition) is 3. The molecule has 2 aromatic rings. The molecule has 6 nitrogen and oxygen atoms in total. The van der Waals surface area contributed by atoms with Crippen LogP contribution in [0.5, 0.6) is 0 Å². The van der Waals surface area contributed by atoms with E-state index in [2.05, 4.69) is 0 Å². The molecule has 0 bridgehead atoms. The maximum atomic E-state index is 11.8. The van der Waals surface area contributed by atoms with Gasteiger partial charge in [-0.15, -0.1) is 0 Å². The molecule has 0 aliphatic carbocycles. The predicted molar refractivity (Wildman–Crippen MR) is 108 cm³/mol. The van der Waals surface area contributed by atoms with Crippen LogP contribution in [-0.4, -0.2) is 41.1 Å². The summed E-state index contributed by atoms with van der Waals surface area (Å²) < 4.78 is 0. The summed E-state index contributed by atoms with van der Waals surface area (Å²) in [6.07, 6.45) is 1.93. The van der Waals surface area contributed by atoms with Crippen LogP contribution in [0.3, 0.4) is 0 Å². The van der Waals surface area contributed by atoms with Crippen LogP contribution >= 0.6 is 0 Å². The fourth-order valence-corrected chi connectivity index (χ4v) is 2.89. The fraction of sp³-hybridized carbons (Fsp3) is 0.364. The van der Waals surface area contributed by atoms with Gasteiger partial charge in [0.25, 0.3) is 0 Å².